The average molecular weight is 316 g/mol. The molecule has 0 aromatic rings. The number of hydrogen-bond donors (Lipinski definition) is 4. The van der Waals surface area contributed by atoms with Gasteiger partial charge >= 0.3 is 0 Å². The highest BCUT2D eigenvalue weighted by molar-refractivity contribution is 4.94. The highest BCUT2D eigenvalue weighted by atomic mass is 16.7. The predicted molar refractivity (Wildman–Crippen MR) is 81.8 cm³/mol. The third-order valence-electron chi connectivity index (χ3n) is 3.64. The van der Waals surface area contributed by atoms with Crippen molar-refractivity contribution in [2.45, 2.75) is 64.3 Å². The van der Waals surface area contributed by atoms with Crippen LogP contribution in [0.5, 0.6) is 0 Å². The molecule has 0 bridgehead atoms. The molecule has 0 saturated carbocycles. The Balaban J connectivity index is 2.45. The van der Waals surface area contributed by atoms with E-state index >= 15 is 0 Å². The van der Waals surface area contributed by atoms with Crippen LogP contribution in [0.4, 0.5) is 0 Å². The molecule has 0 aromatic carbocycles. The standard InChI is InChI=1S/C16H28O6/c1-10(2)5-4-6-11(3)7-8-21-16-15(20)14(19)13(18)12(9-17)22-16/h5,7-8,11-20H,4,6,9H2,1-3H3/t11?,12-,13-,14+,15-,16-/m1/s1. The Labute approximate surface area is 131 Å². The summed E-state index contributed by atoms with van der Waals surface area (Å²) >= 11 is 0. The number of aliphatic hydroxyl groups is 4. The molecule has 0 spiro atoms. The smallest absolute Gasteiger partial charge is 0.228 e. The molecule has 128 valence electrons. The Kier molecular flexibility index (Phi) is 8.06. The second-order valence-electron chi connectivity index (χ2n) is 6.00. The fourth-order valence-electron chi connectivity index (χ4n) is 2.17. The predicted octanol–water partition coefficient (Wildman–Crippen LogP) is 0.699. The van der Waals surface area contributed by atoms with Crippen LogP contribution in [-0.4, -0.2) is 57.7 Å². The Bertz CT molecular complexity index is 375. The molecule has 1 unspecified atom stereocenters. The van der Waals surface area contributed by atoms with Gasteiger partial charge in [0.25, 0.3) is 0 Å². The monoisotopic (exact) mass is 316 g/mol. The molecular formula is C16H28O6. The maximum atomic E-state index is 9.81. The summed E-state index contributed by atoms with van der Waals surface area (Å²) < 4.78 is 10.5. The molecular weight excluding hydrogens is 288 g/mol. The molecule has 1 saturated heterocycles. The SMILES string of the molecule is CC(C)=CCCC(C)C=CO[C@@H]1O[C@H](CO)[C@@H](O)[C@H](O)[C@H]1O. The molecule has 0 radical (unpaired) electrons. The van der Waals surface area contributed by atoms with Crippen LogP contribution >= 0.6 is 0 Å². The topological polar surface area (TPSA) is 99.4 Å². The van der Waals surface area contributed by atoms with E-state index in [0.29, 0.717) is 5.92 Å². The van der Waals surface area contributed by atoms with Crippen LogP contribution < -0.4 is 0 Å². The zero-order chi connectivity index (χ0) is 16.7. The van der Waals surface area contributed by atoms with Crippen molar-refractivity contribution >= 4 is 0 Å². The molecule has 1 rings (SSSR count). The van der Waals surface area contributed by atoms with Crippen molar-refractivity contribution in [2.75, 3.05) is 6.61 Å². The van der Waals surface area contributed by atoms with Gasteiger partial charge in [-0.3, -0.25) is 0 Å². The third kappa shape index (κ3) is 5.70. The van der Waals surface area contributed by atoms with Gasteiger partial charge in [-0.15, -0.1) is 0 Å². The second kappa shape index (κ2) is 9.27. The van der Waals surface area contributed by atoms with Crippen molar-refractivity contribution in [3.8, 4) is 0 Å². The van der Waals surface area contributed by atoms with Crippen LogP contribution in [0.1, 0.15) is 33.6 Å². The molecule has 1 heterocycles. The maximum Gasteiger partial charge on any atom is 0.228 e. The molecule has 22 heavy (non-hydrogen) atoms. The number of allylic oxidation sites excluding steroid dienone is 3. The van der Waals surface area contributed by atoms with E-state index in [0.717, 1.165) is 12.8 Å². The van der Waals surface area contributed by atoms with Gasteiger partial charge in [0.15, 0.2) is 0 Å². The third-order valence-corrected chi connectivity index (χ3v) is 3.64. The van der Waals surface area contributed by atoms with Crippen molar-refractivity contribution in [3.05, 3.63) is 24.0 Å². The Morgan fingerprint density at radius 3 is 2.45 bits per heavy atom. The summed E-state index contributed by atoms with van der Waals surface area (Å²) in [5.74, 6) is 0.292. The molecule has 4 N–H and O–H groups in total. The van der Waals surface area contributed by atoms with Gasteiger partial charge in [0.1, 0.15) is 24.4 Å². The van der Waals surface area contributed by atoms with Gasteiger partial charge in [-0.2, -0.15) is 0 Å². The molecule has 6 heteroatoms. The highest BCUT2D eigenvalue weighted by Crippen LogP contribution is 2.22. The molecule has 0 amide bonds. The number of aliphatic hydroxyl groups excluding tert-OH is 4. The van der Waals surface area contributed by atoms with Gasteiger partial charge in [0.2, 0.25) is 6.29 Å². The maximum absolute atomic E-state index is 9.81. The van der Waals surface area contributed by atoms with E-state index in [1.54, 1.807) is 0 Å². The van der Waals surface area contributed by atoms with Crippen molar-refractivity contribution in [1.82, 2.24) is 0 Å². The lowest BCUT2D eigenvalue weighted by molar-refractivity contribution is -0.288. The van der Waals surface area contributed by atoms with Crippen LogP contribution in [0, 0.1) is 5.92 Å². The largest absolute Gasteiger partial charge is 0.470 e. The van der Waals surface area contributed by atoms with Crippen LogP contribution in [0.15, 0.2) is 24.0 Å². The fourth-order valence-corrected chi connectivity index (χ4v) is 2.17. The van der Waals surface area contributed by atoms with Crippen molar-refractivity contribution in [2.24, 2.45) is 5.92 Å². The van der Waals surface area contributed by atoms with Crippen LogP contribution in [0.25, 0.3) is 0 Å². The summed E-state index contributed by atoms with van der Waals surface area (Å²) in [5, 5.41) is 38.2. The van der Waals surface area contributed by atoms with Crippen LogP contribution in [0.3, 0.4) is 0 Å². The quantitative estimate of drug-likeness (QED) is 0.408. The Hall–Kier alpha value is -0.920. The minimum Gasteiger partial charge on any atom is -0.470 e. The first-order valence-electron chi connectivity index (χ1n) is 7.62. The van der Waals surface area contributed by atoms with Gasteiger partial charge in [0.05, 0.1) is 12.9 Å². The lowest BCUT2D eigenvalue weighted by Crippen LogP contribution is -2.58. The first-order valence-corrected chi connectivity index (χ1v) is 7.62. The summed E-state index contributed by atoms with van der Waals surface area (Å²) in [6, 6.07) is 0. The van der Waals surface area contributed by atoms with Crippen molar-refractivity contribution < 1.29 is 29.9 Å². The summed E-state index contributed by atoms with van der Waals surface area (Å²) in [6.07, 6.45) is 1.18. The zero-order valence-electron chi connectivity index (χ0n) is 13.4. The van der Waals surface area contributed by atoms with E-state index in [1.807, 2.05) is 13.0 Å². The summed E-state index contributed by atoms with van der Waals surface area (Å²) in [6.45, 7) is 5.70. The average Bonchev–Trinajstić information content (AvgIpc) is 2.47. The minimum atomic E-state index is -1.42. The van der Waals surface area contributed by atoms with E-state index in [4.69, 9.17) is 14.6 Å². The van der Waals surface area contributed by atoms with Gasteiger partial charge < -0.3 is 29.9 Å². The molecule has 6 nitrogen and oxygen atoms in total. The Morgan fingerprint density at radius 2 is 1.86 bits per heavy atom. The molecule has 0 aliphatic carbocycles. The van der Waals surface area contributed by atoms with Crippen LogP contribution in [0.2, 0.25) is 0 Å². The first kappa shape index (κ1) is 19.1. The van der Waals surface area contributed by atoms with E-state index in [2.05, 4.69) is 19.9 Å². The van der Waals surface area contributed by atoms with Gasteiger partial charge in [-0.25, -0.2) is 0 Å². The minimum absolute atomic E-state index is 0.292. The summed E-state index contributed by atoms with van der Waals surface area (Å²) in [4.78, 5) is 0. The normalized spacial score (nSPS) is 33.7. The molecule has 1 aliphatic rings. The summed E-state index contributed by atoms with van der Waals surface area (Å²) in [7, 11) is 0. The highest BCUT2D eigenvalue weighted by Gasteiger charge is 2.44. The lowest BCUT2D eigenvalue weighted by atomic mass is 9.99. The number of rotatable bonds is 7. The zero-order valence-corrected chi connectivity index (χ0v) is 13.4. The first-order chi connectivity index (χ1) is 10.4. The molecule has 0 aromatic heterocycles. The fraction of sp³-hybridized carbons (Fsp3) is 0.750. The van der Waals surface area contributed by atoms with Gasteiger partial charge in [-0.05, 0) is 38.7 Å². The van der Waals surface area contributed by atoms with Crippen molar-refractivity contribution in [3.63, 3.8) is 0 Å². The lowest BCUT2D eigenvalue weighted by Gasteiger charge is -2.39. The number of ether oxygens (including phenoxy) is 2. The molecule has 1 fully saturated rings. The number of hydrogen-bond acceptors (Lipinski definition) is 6. The van der Waals surface area contributed by atoms with E-state index in [1.165, 1.54) is 11.8 Å². The van der Waals surface area contributed by atoms with Gasteiger partial charge in [-0.1, -0.05) is 18.6 Å². The van der Waals surface area contributed by atoms with E-state index in [-0.39, 0.29) is 0 Å². The van der Waals surface area contributed by atoms with Crippen molar-refractivity contribution in [1.29, 1.82) is 0 Å². The summed E-state index contributed by atoms with van der Waals surface area (Å²) in [5.41, 5.74) is 1.29. The van der Waals surface area contributed by atoms with Gasteiger partial charge in [0, 0.05) is 0 Å². The van der Waals surface area contributed by atoms with E-state index in [9.17, 15) is 15.3 Å². The molecule has 1 aliphatic heterocycles. The van der Waals surface area contributed by atoms with E-state index < -0.39 is 37.3 Å². The second-order valence-corrected chi connectivity index (χ2v) is 6.00. The Morgan fingerprint density at radius 1 is 1.18 bits per heavy atom. The molecule has 6 atom stereocenters. The van der Waals surface area contributed by atoms with Crippen LogP contribution in [-0.2, 0) is 9.47 Å².